The second kappa shape index (κ2) is 7.59. The molecule has 20 heavy (non-hydrogen) atoms. The summed E-state index contributed by atoms with van der Waals surface area (Å²) in [5.41, 5.74) is 0.694. The quantitative estimate of drug-likeness (QED) is 0.798. The summed E-state index contributed by atoms with van der Waals surface area (Å²) in [6.45, 7) is 5.55. The van der Waals surface area contributed by atoms with Gasteiger partial charge < -0.3 is 10.1 Å². The van der Waals surface area contributed by atoms with Crippen molar-refractivity contribution in [3.8, 4) is 5.75 Å². The molecular formula is C14H22FNO3S. The molecule has 0 radical (unpaired) electrons. The van der Waals surface area contributed by atoms with E-state index in [9.17, 15) is 12.8 Å². The van der Waals surface area contributed by atoms with Gasteiger partial charge in [0.25, 0.3) is 0 Å². The SMILES string of the molecule is CC(C)CNCc1cc(F)ccc1OCCS(C)(=O)=O. The fourth-order valence-corrected chi connectivity index (χ4v) is 2.01. The number of hydrogen-bond acceptors (Lipinski definition) is 4. The molecular weight excluding hydrogens is 281 g/mol. The molecule has 0 spiro atoms. The zero-order valence-electron chi connectivity index (χ0n) is 12.1. The van der Waals surface area contributed by atoms with Crippen molar-refractivity contribution >= 4 is 9.84 Å². The van der Waals surface area contributed by atoms with Crippen molar-refractivity contribution in [1.29, 1.82) is 0 Å². The van der Waals surface area contributed by atoms with Crippen molar-refractivity contribution in [3.63, 3.8) is 0 Å². The van der Waals surface area contributed by atoms with Crippen LogP contribution in [0, 0.1) is 11.7 Å². The first kappa shape index (κ1) is 16.9. The zero-order chi connectivity index (χ0) is 15.2. The van der Waals surface area contributed by atoms with E-state index in [0.717, 1.165) is 12.8 Å². The molecule has 0 aromatic heterocycles. The van der Waals surface area contributed by atoms with Gasteiger partial charge in [-0.05, 0) is 30.7 Å². The first-order valence-electron chi connectivity index (χ1n) is 6.57. The summed E-state index contributed by atoms with van der Waals surface area (Å²) < 4.78 is 40.8. The molecule has 0 fully saturated rings. The highest BCUT2D eigenvalue weighted by Crippen LogP contribution is 2.19. The number of benzene rings is 1. The maximum absolute atomic E-state index is 13.3. The molecule has 1 N–H and O–H groups in total. The number of hydrogen-bond donors (Lipinski definition) is 1. The Morgan fingerprint density at radius 3 is 2.65 bits per heavy atom. The van der Waals surface area contributed by atoms with E-state index in [2.05, 4.69) is 19.2 Å². The highest BCUT2D eigenvalue weighted by molar-refractivity contribution is 7.90. The normalized spacial score (nSPS) is 11.8. The van der Waals surface area contributed by atoms with E-state index in [1.54, 1.807) is 0 Å². The molecule has 0 bridgehead atoms. The fraction of sp³-hybridized carbons (Fsp3) is 0.571. The molecule has 0 atom stereocenters. The van der Waals surface area contributed by atoms with E-state index in [1.165, 1.54) is 18.2 Å². The Kier molecular flexibility index (Phi) is 6.42. The van der Waals surface area contributed by atoms with Gasteiger partial charge in [-0.2, -0.15) is 0 Å². The molecule has 0 saturated carbocycles. The van der Waals surface area contributed by atoms with E-state index in [0.29, 0.717) is 23.8 Å². The Labute approximate surface area is 120 Å². The highest BCUT2D eigenvalue weighted by atomic mass is 32.2. The van der Waals surface area contributed by atoms with Crippen molar-refractivity contribution in [2.75, 3.05) is 25.2 Å². The molecule has 1 aromatic carbocycles. The molecule has 0 aliphatic rings. The predicted molar refractivity (Wildman–Crippen MR) is 78.2 cm³/mol. The summed E-state index contributed by atoms with van der Waals surface area (Å²) in [5, 5.41) is 3.21. The van der Waals surface area contributed by atoms with Gasteiger partial charge in [0, 0.05) is 18.4 Å². The number of sulfone groups is 1. The van der Waals surface area contributed by atoms with Crippen LogP contribution >= 0.6 is 0 Å². The van der Waals surface area contributed by atoms with E-state index in [4.69, 9.17) is 4.74 Å². The fourth-order valence-electron chi connectivity index (χ4n) is 1.63. The number of nitrogens with one attached hydrogen (secondary N) is 1. The molecule has 6 heteroatoms. The van der Waals surface area contributed by atoms with E-state index in [1.807, 2.05) is 0 Å². The molecule has 0 aliphatic heterocycles. The molecule has 0 saturated heterocycles. The average Bonchev–Trinajstić information content (AvgIpc) is 2.30. The van der Waals surface area contributed by atoms with Crippen LogP contribution in [0.15, 0.2) is 18.2 Å². The maximum Gasteiger partial charge on any atom is 0.150 e. The largest absolute Gasteiger partial charge is 0.492 e. The Balaban J connectivity index is 2.64. The summed E-state index contributed by atoms with van der Waals surface area (Å²) in [6, 6.07) is 4.24. The third-order valence-corrected chi connectivity index (χ3v) is 3.51. The Morgan fingerprint density at radius 1 is 1.35 bits per heavy atom. The lowest BCUT2D eigenvalue weighted by Crippen LogP contribution is -2.20. The van der Waals surface area contributed by atoms with Crippen LogP contribution in [0.4, 0.5) is 4.39 Å². The smallest absolute Gasteiger partial charge is 0.150 e. The summed E-state index contributed by atoms with van der Waals surface area (Å²) in [6.07, 6.45) is 1.16. The van der Waals surface area contributed by atoms with Crippen LogP contribution in [0.25, 0.3) is 0 Å². The standard InChI is InChI=1S/C14H22FNO3S/c1-11(2)9-16-10-12-8-13(15)4-5-14(12)19-6-7-20(3,17)18/h4-5,8,11,16H,6-7,9-10H2,1-3H3. The van der Waals surface area contributed by atoms with Crippen LogP contribution in [-0.2, 0) is 16.4 Å². The van der Waals surface area contributed by atoms with Crippen molar-refractivity contribution in [2.24, 2.45) is 5.92 Å². The lowest BCUT2D eigenvalue weighted by molar-refractivity contribution is 0.335. The minimum atomic E-state index is -3.06. The molecule has 0 aliphatic carbocycles. The summed E-state index contributed by atoms with van der Waals surface area (Å²) in [4.78, 5) is 0. The Bertz CT molecular complexity index is 529. The molecule has 4 nitrogen and oxygen atoms in total. The molecule has 0 unspecified atom stereocenters. The van der Waals surface area contributed by atoms with Gasteiger partial charge in [0.2, 0.25) is 0 Å². The van der Waals surface area contributed by atoms with Crippen LogP contribution in [0.5, 0.6) is 5.75 Å². The third kappa shape index (κ3) is 6.86. The Hall–Kier alpha value is -1.14. The zero-order valence-corrected chi connectivity index (χ0v) is 13.0. The van der Waals surface area contributed by atoms with E-state index >= 15 is 0 Å². The van der Waals surface area contributed by atoms with Gasteiger partial charge in [0.15, 0.2) is 9.84 Å². The second-order valence-electron chi connectivity index (χ2n) is 5.26. The summed E-state index contributed by atoms with van der Waals surface area (Å²) >= 11 is 0. The van der Waals surface area contributed by atoms with E-state index < -0.39 is 9.84 Å². The maximum atomic E-state index is 13.3. The lowest BCUT2D eigenvalue weighted by Gasteiger charge is -2.13. The van der Waals surface area contributed by atoms with Gasteiger partial charge >= 0.3 is 0 Å². The number of rotatable bonds is 8. The topological polar surface area (TPSA) is 55.4 Å². The molecule has 1 aromatic rings. The van der Waals surface area contributed by atoms with Gasteiger partial charge in [-0.25, -0.2) is 12.8 Å². The first-order valence-corrected chi connectivity index (χ1v) is 8.63. The van der Waals surface area contributed by atoms with Crippen LogP contribution in [-0.4, -0.2) is 33.6 Å². The van der Waals surface area contributed by atoms with Crippen molar-refractivity contribution in [3.05, 3.63) is 29.6 Å². The van der Waals surface area contributed by atoms with Crippen LogP contribution in [0.2, 0.25) is 0 Å². The predicted octanol–water partition coefficient (Wildman–Crippen LogP) is 1.99. The molecule has 0 amide bonds. The van der Waals surface area contributed by atoms with Gasteiger partial charge in [-0.1, -0.05) is 13.8 Å². The summed E-state index contributed by atoms with van der Waals surface area (Å²) in [7, 11) is -3.06. The van der Waals surface area contributed by atoms with Crippen LogP contribution in [0.1, 0.15) is 19.4 Å². The molecule has 1 rings (SSSR count). The van der Waals surface area contributed by atoms with Crippen molar-refractivity contribution in [2.45, 2.75) is 20.4 Å². The number of halogens is 1. The van der Waals surface area contributed by atoms with Crippen LogP contribution < -0.4 is 10.1 Å². The van der Waals surface area contributed by atoms with Gasteiger partial charge in [-0.15, -0.1) is 0 Å². The van der Waals surface area contributed by atoms with Gasteiger partial charge in [0.05, 0.1) is 5.75 Å². The molecule has 114 valence electrons. The van der Waals surface area contributed by atoms with E-state index in [-0.39, 0.29) is 18.2 Å². The minimum absolute atomic E-state index is 0.0523. The third-order valence-electron chi connectivity index (χ3n) is 2.60. The minimum Gasteiger partial charge on any atom is -0.492 e. The molecule has 0 heterocycles. The van der Waals surface area contributed by atoms with Crippen LogP contribution in [0.3, 0.4) is 0 Å². The highest BCUT2D eigenvalue weighted by Gasteiger charge is 2.08. The van der Waals surface area contributed by atoms with Crippen molar-refractivity contribution < 1.29 is 17.5 Å². The van der Waals surface area contributed by atoms with Gasteiger partial charge in [0.1, 0.15) is 18.2 Å². The average molecular weight is 303 g/mol. The van der Waals surface area contributed by atoms with Gasteiger partial charge in [-0.3, -0.25) is 0 Å². The first-order chi connectivity index (χ1) is 9.28. The second-order valence-corrected chi connectivity index (χ2v) is 7.51. The Morgan fingerprint density at radius 2 is 2.05 bits per heavy atom. The van der Waals surface area contributed by atoms with Crippen molar-refractivity contribution in [1.82, 2.24) is 5.32 Å². The lowest BCUT2D eigenvalue weighted by atomic mass is 10.1. The summed E-state index contributed by atoms with van der Waals surface area (Å²) in [5.74, 6) is 0.634. The number of ether oxygens (including phenoxy) is 1. The monoisotopic (exact) mass is 303 g/mol.